The van der Waals surface area contributed by atoms with Gasteiger partial charge in [0.05, 0.1) is 17.6 Å². The number of methoxy groups -OCH3 is 1. The zero-order chi connectivity index (χ0) is 18.9. The summed E-state index contributed by atoms with van der Waals surface area (Å²) in [7, 11) is -2.71. The van der Waals surface area contributed by atoms with Crippen LogP contribution in [0.1, 0.15) is 22.8 Å². The SMILES string of the molecule is CCN(c1nc2ccccc2o1)S(=O)(=O)c1ccc(C)c(C(=O)OC)c1. The summed E-state index contributed by atoms with van der Waals surface area (Å²) in [5, 5.41) is 0. The molecule has 0 fully saturated rings. The van der Waals surface area contributed by atoms with Gasteiger partial charge in [0.1, 0.15) is 5.52 Å². The zero-order valence-electron chi connectivity index (χ0n) is 14.6. The zero-order valence-corrected chi connectivity index (χ0v) is 15.4. The normalized spacial score (nSPS) is 11.5. The third kappa shape index (κ3) is 3.03. The van der Waals surface area contributed by atoms with Crippen LogP contribution in [-0.2, 0) is 14.8 Å². The Kier molecular flexibility index (Phi) is 4.69. The van der Waals surface area contributed by atoms with E-state index in [1.165, 1.54) is 19.2 Å². The molecule has 136 valence electrons. The van der Waals surface area contributed by atoms with Gasteiger partial charge in [0.2, 0.25) is 0 Å². The molecule has 0 radical (unpaired) electrons. The first kappa shape index (κ1) is 17.9. The van der Waals surface area contributed by atoms with Crippen LogP contribution in [0.2, 0.25) is 0 Å². The van der Waals surface area contributed by atoms with Crippen LogP contribution < -0.4 is 4.31 Å². The summed E-state index contributed by atoms with van der Waals surface area (Å²) >= 11 is 0. The standard InChI is InChI=1S/C18H18N2O5S/c1-4-20(18-19-15-7-5-6-8-16(15)25-18)26(22,23)13-10-9-12(2)14(11-13)17(21)24-3/h5-11H,4H2,1-3H3. The fourth-order valence-electron chi connectivity index (χ4n) is 2.59. The lowest BCUT2D eigenvalue weighted by atomic mass is 10.1. The molecule has 0 spiro atoms. The monoisotopic (exact) mass is 374 g/mol. The number of carbonyl (C=O) groups is 1. The Morgan fingerprint density at radius 2 is 1.96 bits per heavy atom. The second-order valence-electron chi connectivity index (χ2n) is 5.60. The van der Waals surface area contributed by atoms with E-state index >= 15 is 0 Å². The summed E-state index contributed by atoms with van der Waals surface area (Å²) in [6.45, 7) is 3.51. The Bertz CT molecular complexity index is 1040. The van der Waals surface area contributed by atoms with Crippen molar-refractivity contribution in [1.29, 1.82) is 0 Å². The van der Waals surface area contributed by atoms with Gasteiger partial charge in [-0.05, 0) is 43.7 Å². The number of fused-ring (bicyclic) bond motifs is 1. The van der Waals surface area contributed by atoms with Crippen molar-refractivity contribution in [1.82, 2.24) is 4.98 Å². The van der Waals surface area contributed by atoms with Crippen LogP contribution in [0.25, 0.3) is 11.1 Å². The van der Waals surface area contributed by atoms with Gasteiger partial charge in [0.15, 0.2) is 5.58 Å². The first-order chi connectivity index (χ1) is 12.4. The minimum Gasteiger partial charge on any atom is -0.465 e. The Morgan fingerprint density at radius 1 is 1.23 bits per heavy atom. The van der Waals surface area contributed by atoms with Crippen molar-refractivity contribution in [3.8, 4) is 0 Å². The van der Waals surface area contributed by atoms with E-state index in [2.05, 4.69) is 4.98 Å². The lowest BCUT2D eigenvalue weighted by molar-refractivity contribution is 0.0599. The minimum absolute atomic E-state index is 0.0195. The number of oxazole rings is 1. The number of carbonyl (C=O) groups excluding carboxylic acids is 1. The molecule has 3 aromatic rings. The maximum Gasteiger partial charge on any atom is 0.338 e. The third-order valence-electron chi connectivity index (χ3n) is 3.99. The van der Waals surface area contributed by atoms with Gasteiger partial charge < -0.3 is 9.15 Å². The average Bonchev–Trinajstić information content (AvgIpc) is 3.05. The van der Waals surface area contributed by atoms with E-state index in [-0.39, 0.29) is 23.0 Å². The molecule has 0 atom stereocenters. The summed E-state index contributed by atoms with van der Waals surface area (Å²) < 4.78 is 37.6. The van der Waals surface area contributed by atoms with Crippen LogP contribution in [0.3, 0.4) is 0 Å². The molecule has 0 saturated carbocycles. The number of benzene rings is 2. The maximum atomic E-state index is 13.1. The van der Waals surface area contributed by atoms with Crippen LogP contribution in [0, 0.1) is 6.92 Å². The molecular weight excluding hydrogens is 356 g/mol. The van der Waals surface area contributed by atoms with Gasteiger partial charge in [-0.15, -0.1) is 0 Å². The molecule has 3 rings (SSSR count). The number of anilines is 1. The van der Waals surface area contributed by atoms with E-state index in [0.717, 1.165) is 4.31 Å². The smallest absolute Gasteiger partial charge is 0.338 e. The Hall–Kier alpha value is -2.87. The molecule has 0 bridgehead atoms. The van der Waals surface area contributed by atoms with Crippen LogP contribution >= 0.6 is 0 Å². The fraction of sp³-hybridized carbons (Fsp3) is 0.222. The van der Waals surface area contributed by atoms with Gasteiger partial charge in [-0.2, -0.15) is 4.98 Å². The van der Waals surface area contributed by atoms with Gasteiger partial charge in [0, 0.05) is 6.54 Å². The molecule has 0 N–H and O–H groups in total. The molecule has 26 heavy (non-hydrogen) atoms. The lowest BCUT2D eigenvalue weighted by Crippen LogP contribution is -2.31. The van der Waals surface area contributed by atoms with Crippen molar-refractivity contribution in [2.75, 3.05) is 18.0 Å². The molecule has 2 aromatic carbocycles. The predicted molar refractivity (Wildman–Crippen MR) is 96.7 cm³/mol. The fourth-order valence-corrected chi connectivity index (χ4v) is 3.98. The first-order valence-corrected chi connectivity index (χ1v) is 9.39. The molecule has 1 heterocycles. The molecule has 8 heteroatoms. The van der Waals surface area contributed by atoms with Gasteiger partial charge >= 0.3 is 12.0 Å². The Balaban J connectivity index is 2.09. The Morgan fingerprint density at radius 3 is 2.62 bits per heavy atom. The number of sulfonamides is 1. The van der Waals surface area contributed by atoms with Crippen molar-refractivity contribution in [3.63, 3.8) is 0 Å². The summed E-state index contributed by atoms with van der Waals surface area (Å²) in [4.78, 5) is 16.1. The summed E-state index contributed by atoms with van der Waals surface area (Å²) in [6, 6.07) is 11.3. The van der Waals surface area contributed by atoms with E-state index in [1.54, 1.807) is 44.2 Å². The number of hydrogen-bond acceptors (Lipinski definition) is 6. The predicted octanol–water partition coefficient (Wildman–Crippen LogP) is 3.14. The number of rotatable bonds is 5. The Labute approximate surface area is 151 Å². The number of nitrogens with zero attached hydrogens (tertiary/aromatic N) is 2. The average molecular weight is 374 g/mol. The number of aryl methyl sites for hydroxylation is 1. The minimum atomic E-state index is -3.96. The molecule has 0 amide bonds. The highest BCUT2D eigenvalue weighted by Gasteiger charge is 2.29. The van der Waals surface area contributed by atoms with Crippen LogP contribution in [0.5, 0.6) is 0 Å². The summed E-state index contributed by atoms with van der Waals surface area (Å²) in [5.41, 5.74) is 1.88. The summed E-state index contributed by atoms with van der Waals surface area (Å²) in [5.74, 6) is -0.593. The van der Waals surface area contributed by atoms with Crippen molar-refractivity contribution in [2.45, 2.75) is 18.7 Å². The molecule has 0 unspecified atom stereocenters. The maximum absolute atomic E-state index is 13.1. The van der Waals surface area contributed by atoms with E-state index in [0.29, 0.717) is 16.7 Å². The molecule has 0 aliphatic heterocycles. The van der Waals surface area contributed by atoms with Crippen molar-refractivity contribution in [3.05, 3.63) is 53.6 Å². The number of hydrogen-bond donors (Lipinski definition) is 0. The van der Waals surface area contributed by atoms with Gasteiger partial charge in [-0.3, -0.25) is 0 Å². The van der Waals surface area contributed by atoms with Crippen molar-refractivity contribution >= 4 is 33.1 Å². The molecule has 7 nitrogen and oxygen atoms in total. The third-order valence-corrected chi connectivity index (χ3v) is 5.83. The largest absolute Gasteiger partial charge is 0.465 e. The number of para-hydroxylation sites is 2. The lowest BCUT2D eigenvalue weighted by Gasteiger charge is -2.19. The number of esters is 1. The summed E-state index contributed by atoms with van der Waals surface area (Å²) in [6.07, 6.45) is 0. The van der Waals surface area contributed by atoms with Gasteiger partial charge in [-0.25, -0.2) is 17.5 Å². The van der Waals surface area contributed by atoms with Gasteiger partial charge in [-0.1, -0.05) is 18.2 Å². The van der Waals surface area contributed by atoms with Crippen LogP contribution in [-0.4, -0.2) is 33.0 Å². The number of ether oxygens (including phenoxy) is 1. The highest BCUT2D eigenvalue weighted by Crippen LogP contribution is 2.27. The number of aromatic nitrogens is 1. The van der Waals surface area contributed by atoms with Crippen molar-refractivity contribution in [2.24, 2.45) is 0 Å². The molecular formula is C18H18N2O5S. The molecule has 0 saturated heterocycles. The molecule has 1 aromatic heterocycles. The van der Waals surface area contributed by atoms with Crippen LogP contribution in [0.4, 0.5) is 6.01 Å². The van der Waals surface area contributed by atoms with E-state index < -0.39 is 16.0 Å². The second kappa shape index (κ2) is 6.80. The highest BCUT2D eigenvalue weighted by atomic mass is 32.2. The highest BCUT2D eigenvalue weighted by molar-refractivity contribution is 7.92. The molecule has 0 aliphatic carbocycles. The van der Waals surface area contributed by atoms with Gasteiger partial charge in [0.25, 0.3) is 10.0 Å². The first-order valence-electron chi connectivity index (χ1n) is 7.95. The quantitative estimate of drug-likeness (QED) is 0.637. The van der Waals surface area contributed by atoms with Crippen molar-refractivity contribution < 1.29 is 22.4 Å². The van der Waals surface area contributed by atoms with Crippen LogP contribution in [0.15, 0.2) is 51.8 Å². The molecule has 0 aliphatic rings. The van der Waals surface area contributed by atoms with E-state index in [1.807, 2.05) is 0 Å². The topological polar surface area (TPSA) is 89.7 Å². The van der Waals surface area contributed by atoms with E-state index in [9.17, 15) is 13.2 Å². The second-order valence-corrected chi connectivity index (χ2v) is 7.46. The van der Waals surface area contributed by atoms with E-state index in [4.69, 9.17) is 9.15 Å².